The van der Waals surface area contributed by atoms with Crippen molar-refractivity contribution in [1.82, 2.24) is 10.3 Å². The Balaban J connectivity index is 1.55. The number of hydrogen-bond acceptors (Lipinski definition) is 5. The Morgan fingerprint density at radius 3 is 2.92 bits per heavy atom. The zero-order valence-corrected chi connectivity index (χ0v) is 14.9. The Kier molecular flexibility index (Phi) is 6.30. The average Bonchev–Trinajstić information content (AvgIpc) is 2.66. The molecule has 1 fully saturated rings. The summed E-state index contributed by atoms with van der Waals surface area (Å²) in [6.07, 6.45) is 3.25. The third kappa shape index (κ3) is 5.21. The van der Waals surface area contributed by atoms with Crippen molar-refractivity contribution in [1.29, 1.82) is 0 Å². The second-order valence-electron chi connectivity index (χ2n) is 6.11. The van der Waals surface area contributed by atoms with E-state index >= 15 is 0 Å². The number of benzene rings is 1. The second kappa shape index (κ2) is 8.87. The molecule has 0 bridgehead atoms. The molecule has 132 valence electrons. The Bertz CT molecular complexity index is 696. The van der Waals surface area contributed by atoms with Crippen molar-refractivity contribution in [2.24, 2.45) is 0 Å². The summed E-state index contributed by atoms with van der Waals surface area (Å²) in [5.74, 6) is 1.25. The van der Waals surface area contributed by atoms with E-state index in [1.165, 1.54) is 11.8 Å². The number of piperidine rings is 1. The van der Waals surface area contributed by atoms with Gasteiger partial charge in [0, 0.05) is 36.3 Å². The number of rotatable bonds is 6. The van der Waals surface area contributed by atoms with Crippen LogP contribution in [0.3, 0.4) is 0 Å². The number of aliphatic hydroxyl groups excluding tert-OH is 1. The molecule has 0 saturated carbocycles. The molecule has 1 aromatic heterocycles. The van der Waals surface area contributed by atoms with Crippen LogP contribution in [0.15, 0.2) is 53.6 Å². The molecule has 1 aromatic carbocycles. The van der Waals surface area contributed by atoms with E-state index in [1.54, 1.807) is 6.20 Å². The predicted molar refractivity (Wildman–Crippen MR) is 101 cm³/mol. The number of β-amino-alcohol motifs (C(OH)–C–C–N with tert-alkyl or cyclic N) is 1. The highest BCUT2D eigenvalue weighted by molar-refractivity contribution is 8.00. The van der Waals surface area contributed by atoms with E-state index in [4.69, 9.17) is 0 Å². The van der Waals surface area contributed by atoms with Gasteiger partial charge in [0.2, 0.25) is 5.91 Å². The number of anilines is 1. The fourth-order valence-electron chi connectivity index (χ4n) is 2.91. The van der Waals surface area contributed by atoms with E-state index in [2.05, 4.69) is 15.2 Å². The first-order chi connectivity index (χ1) is 12.2. The summed E-state index contributed by atoms with van der Waals surface area (Å²) in [6, 6.07) is 13.8. The summed E-state index contributed by atoms with van der Waals surface area (Å²) in [4.78, 5) is 19.8. The van der Waals surface area contributed by atoms with Gasteiger partial charge in [-0.1, -0.05) is 24.3 Å². The minimum absolute atomic E-state index is 0.00216. The Morgan fingerprint density at radius 1 is 1.28 bits per heavy atom. The lowest BCUT2D eigenvalue weighted by molar-refractivity contribution is -0.118. The van der Waals surface area contributed by atoms with Crippen LogP contribution in [0, 0.1) is 0 Å². The molecule has 1 aliphatic rings. The molecule has 2 aromatic rings. The Hall–Kier alpha value is -2.05. The number of carbonyl (C=O) groups excluding carboxylic acids is 1. The third-order valence-electron chi connectivity index (χ3n) is 4.15. The fraction of sp³-hybridized carbons (Fsp3) is 0.368. The van der Waals surface area contributed by atoms with Gasteiger partial charge in [0.1, 0.15) is 5.82 Å². The molecule has 0 spiro atoms. The van der Waals surface area contributed by atoms with Crippen molar-refractivity contribution in [3.63, 3.8) is 0 Å². The van der Waals surface area contributed by atoms with E-state index < -0.39 is 0 Å². The van der Waals surface area contributed by atoms with Crippen molar-refractivity contribution >= 4 is 23.5 Å². The van der Waals surface area contributed by atoms with Gasteiger partial charge >= 0.3 is 0 Å². The van der Waals surface area contributed by atoms with Crippen LogP contribution < -0.4 is 10.2 Å². The maximum absolute atomic E-state index is 12.1. The van der Waals surface area contributed by atoms with E-state index in [-0.39, 0.29) is 12.0 Å². The van der Waals surface area contributed by atoms with Gasteiger partial charge in [0.05, 0.1) is 11.9 Å². The standard InChI is InChI=1S/C19H23N3O2S/c23-16-7-5-11-22(13-16)19-15(6-4-10-20-19)12-21-18(24)14-25-17-8-2-1-3-9-17/h1-4,6,8-10,16,23H,5,7,11-14H2,(H,21,24). The molecule has 1 atom stereocenters. The summed E-state index contributed by atoms with van der Waals surface area (Å²) in [5, 5.41) is 12.9. The smallest absolute Gasteiger partial charge is 0.230 e. The molecule has 1 aliphatic heterocycles. The van der Waals surface area contributed by atoms with Crippen LogP contribution in [0.25, 0.3) is 0 Å². The number of amides is 1. The number of aromatic nitrogens is 1. The summed E-state index contributed by atoms with van der Waals surface area (Å²) < 4.78 is 0. The number of pyridine rings is 1. The highest BCUT2D eigenvalue weighted by Gasteiger charge is 2.20. The van der Waals surface area contributed by atoms with Crippen molar-refractivity contribution in [2.75, 3.05) is 23.7 Å². The van der Waals surface area contributed by atoms with E-state index in [9.17, 15) is 9.90 Å². The fourth-order valence-corrected chi connectivity index (χ4v) is 3.66. The van der Waals surface area contributed by atoms with Crippen LogP contribution in [-0.4, -0.2) is 40.9 Å². The van der Waals surface area contributed by atoms with Gasteiger partial charge < -0.3 is 15.3 Å². The van der Waals surface area contributed by atoms with Crippen LogP contribution in [0.4, 0.5) is 5.82 Å². The molecule has 1 amide bonds. The third-order valence-corrected chi connectivity index (χ3v) is 5.16. The largest absolute Gasteiger partial charge is 0.391 e. The van der Waals surface area contributed by atoms with Gasteiger partial charge in [-0.25, -0.2) is 4.98 Å². The Labute approximate surface area is 152 Å². The maximum atomic E-state index is 12.1. The molecule has 0 aliphatic carbocycles. The van der Waals surface area contributed by atoms with Crippen LogP contribution in [0.2, 0.25) is 0 Å². The molecule has 5 nitrogen and oxygen atoms in total. The molecule has 1 unspecified atom stereocenters. The summed E-state index contributed by atoms with van der Waals surface area (Å²) in [5.41, 5.74) is 0.981. The zero-order chi connectivity index (χ0) is 17.5. The molecule has 1 saturated heterocycles. The first kappa shape index (κ1) is 17.8. The van der Waals surface area contributed by atoms with Gasteiger partial charge in [0.15, 0.2) is 0 Å². The van der Waals surface area contributed by atoms with Crippen LogP contribution in [-0.2, 0) is 11.3 Å². The van der Waals surface area contributed by atoms with Crippen molar-refractivity contribution in [3.05, 3.63) is 54.2 Å². The van der Waals surface area contributed by atoms with Crippen molar-refractivity contribution < 1.29 is 9.90 Å². The maximum Gasteiger partial charge on any atom is 0.230 e. The van der Waals surface area contributed by atoms with E-state index in [0.717, 1.165) is 35.7 Å². The number of thioether (sulfide) groups is 1. The molecule has 25 heavy (non-hydrogen) atoms. The molecule has 2 N–H and O–H groups in total. The molecule has 3 rings (SSSR count). The lowest BCUT2D eigenvalue weighted by Gasteiger charge is -2.32. The zero-order valence-electron chi connectivity index (χ0n) is 14.1. The number of aliphatic hydroxyl groups is 1. The van der Waals surface area contributed by atoms with Crippen LogP contribution in [0.1, 0.15) is 18.4 Å². The van der Waals surface area contributed by atoms with E-state index in [0.29, 0.717) is 18.8 Å². The molecule has 2 heterocycles. The second-order valence-corrected chi connectivity index (χ2v) is 7.16. The van der Waals surface area contributed by atoms with Crippen molar-refractivity contribution in [2.45, 2.75) is 30.4 Å². The highest BCUT2D eigenvalue weighted by atomic mass is 32.2. The quantitative estimate of drug-likeness (QED) is 0.778. The monoisotopic (exact) mass is 357 g/mol. The predicted octanol–water partition coefficient (Wildman–Crippen LogP) is 2.45. The van der Waals surface area contributed by atoms with Gasteiger partial charge in [-0.3, -0.25) is 4.79 Å². The van der Waals surface area contributed by atoms with Gasteiger partial charge in [0.25, 0.3) is 0 Å². The molecule has 0 radical (unpaired) electrons. The highest BCUT2D eigenvalue weighted by Crippen LogP contribution is 2.22. The minimum atomic E-state index is -0.305. The lowest BCUT2D eigenvalue weighted by atomic mass is 10.1. The van der Waals surface area contributed by atoms with Gasteiger partial charge in [-0.15, -0.1) is 11.8 Å². The van der Waals surface area contributed by atoms with E-state index in [1.807, 2.05) is 42.5 Å². The van der Waals surface area contributed by atoms with Gasteiger partial charge in [-0.05, 0) is 31.0 Å². The number of nitrogens with one attached hydrogen (secondary N) is 1. The number of carbonyl (C=O) groups is 1. The molecule has 6 heteroatoms. The van der Waals surface area contributed by atoms with Gasteiger partial charge in [-0.2, -0.15) is 0 Å². The first-order valence-corrected chi connectivity index (χ1v) is 9.52. The summed E-state index contributed by atoms with van der Waals surface area (Å²) in [7, 11) is 0. The van der Waals surface area contributed by atoms with Crippen LogP contribution in [0.5, 0.6) is 0 Å². The number of hydrogen-bond donors (Lipinski definition) is 2. The normalized spacial score (nSPS) is 17.3. The lowest BCUT2D eigenvalue weighted by Crippen LogP contribution is -2.39. The minimum Gasteiger partial charge on any atom is -0.391 e. The first-order valence-electron chi connectivity index (χ1n) is 8.54. The summed E-state index contributed by atoms with van der Waals surface area (Å²) >= 11 is 1.53. The molecular weight excluding hydrogens is 334 g/mol. The van der Waals surface area contributed by atoms with Crippen LogP contribution >= 0.6 is 11.8 Å². The van der Waals surface area contributed by atoms with Crippen molar-refractivity contribution in [3.8, 4) is 0 Å². The summed E-state index contributed by atoms with van der Waals surface area (Å²) in [6.45, 7) is 1.94. The molecular formula is C19H23N3O2S. The number of nitrogens with zero attached hydrogens (tertiary/aromatic N) is 2. The Morgan fingerprint density at radius 2 is 2.12 bits per heavy atom. The SMILES string of the molecule is O=C(CSc1ccccc1)NCc1cccnc1N1CCCC(O)C1. The topological polar surface area (TPSA) is 65.5 Å². The average molecular weight is 357 g/mol.